The van der Waals surface area contributed by atoms with Gasteiger partial charge in [-0.3, -0.25) is 4.99 Å². The summed E-state index contributed by atoms with van der Waals surface area (Å²) in [5.41, 5.74) is 0. The summed E-state index contributed by atoms with van der Waals surface area (Å²) in [5.74, 6) is 2.79. The largest absolute Gasteiger partial charge is 0.469 e. The van der Waals surface area contributed by atoms with Crippen molar-refractivity contribution in [2.75, 3.05) is 6.54 Å². The highest BCUT2D eigenvalue weighted by Gasteiger charge is 2.33. The van der Waals surface area contributed by atoms with Crippen LogP contribution in [0.4, 0.5) is 0 Å². The molecule has 0 bridgehead atoms. The van der Waals surface area contributed by atoms with E-state index in [1.165, 1.54) is 32.1 Å². The SMILES string of the molecule is CC1CC1NC(=NCCc1ccco1)NC1CCCC1. The van der Waals surface area contributed by atoms with Crippen molar-refractivity contribution in [2.45, 2.75) is 57.5 Å². The molecule has 2 N–H and O–H groups in total. The van der Waals surface area contributed by atoms with Crippen molar-refractivity contribution in [2.24, 2.45) is 10.9 Å². The maximum absolute atomic E-state index is 5.35. The van der Waals surface area contributed by atoms with Gasteiger partial charge in [0, 0.05) is 25.0 Å². The van der Waals surface area contributed by atoms with Crippen molar-refractivity contribution < 1.29 is 4.42 Å². The summed E-state index contributed by atoms with van der Waals surface area (Å²) in [4.78, 5) is 4.71. The lowest BCUT2D eigenvalue weighted by Gasteiger charge is -2.17. The Bertz CT molecular complexity index is 435. The van der Waals surface area contributed by atoms with Gasteiger partial charge in [-0.25, -0.2) is 0 Å². The van der Waals surface area contributed by atoms with E-state index in [9.17, 15) is 0 Å². The minimum atomic E-state index is 0.610. The minimum Gasteiger partial charge on any atom is -0.469 e. The van der Waals surface area contributed by atoms with Crippen LogP contribution < -0.4 is 10.6 Å². The minimum absolute atomic E-state index is 0.610. The monoisotopic (exact) mass is 275 g/mol. The summed E-state index contributed by atoms with van der Waals surface area (Å²) in [6.07, 6.45) is 9.10. The van der Waals surface area contributed by atoms with Crippen LogP contribution in [0.2, 0.25) is 0 Å². The molecule has 2 unspecified atom stereocenters. The number of guanidine groups is 1. The van der Waals surface area contributed by atoms with E-state index >= 15 is 0 Å². The molecule has 1 heterocycles. The standard InChI is InChI=1S/C16H25N3O/c1-12-11-15(12)19-16(18-13-5-2-3-6-13)17-9-8-14-7-4-10-20-14/h4,7,10,12-13,15H,2-3,5-6,8-9,11H2,1H3,(H2,17,18,19). The second-order valence-corrected chi connectivity index (χ2v) is 6.15. The van der Waals surface area contributed by atoms with Gasteiger partial charge in [-0.05, 0) is 37.3 Å². The van der Waals surface area contributed by atoms with Gasteiger partial charge >= 0.3 is 0 Å². The molecule has 0 spiro atoms. The summed E-state index contributed by atoms with van der Waals surface area (Å²) in [7, 11) is 0. The molecule has 110 valence electrons. The van der Waals surface area contributed by atoms with Gasteiger partial charge in [-0.2, -0.15) is 0 Å². The van der Waals surface area contributed by atoms with Crippen LogP contribution in [0.3, 0.4) is 0 Å². The first kappa shape index (κ1) is 13.5. The molecule has 2 fully saturated rings. The van der Waals surface area contributed by atoms with Crippen LogP contribution in [0.25, 0.3) is 0 Å². The Morgan fingerprint density at radius 3 is 2.80 bits per heavy atom. The molecule has 4 heteroatoms. The first-order valence-electron chi connectivity index (χ1n) is 7.91. The second-order valence-electron chi connectivity index (χ2n) is 6.15. The molecule has 2 aliphatic rings. The molecule has 3 rings (SSSR count). The normalized spacial score (nSPS) is 26.8. The first-order valence-corrected chi connectivity index (χ1v) is 7.91. The lowest BCUT2D eigenvalue weighted by Crippen LogP contribution is -2.43. The van der Waals surface area contributed by atoms with E-state index in [1.54, 1.807) is 6.26 Å². The van der Waals surface area contributed by atoms with Crippen LogP contribution in [0, 0.1) is 5.92 Å². The van der Waals surface area contributed by atoms with Crippen LogP contribution in [0.1, 0.15) is 44.8 Å². The van der Waals surface area contributed by atoms with E-state index in [2.05, 4.69) is 17.6 Å². The maximum atomic E-state index is 5.35. The van der Waals surface area contributed by atoms with E-state index in [4.69, 9.17) is 9.41 Å². The fraction of sp³-hybridized carbons (Fsp3) is 0.688. The molecular formula is C16H25N3O. The molecule has 2 aliphatic carbocycles. The smallest absolute Gasteiger partial charge is 0.191 e. The third kappa shape index (κ3) is 3.78. The third-order valence-corrected chi connectivity index (χ3v) is 4.34. The van der Waals surface area contributed by atoms with Gasteiger partial charge in [-0.1, -0.05) is 19.8 Å². The maximum Gasteiger partial charge on any atom is 0.191 e. The van der Waals surface area contributed by atoms with Crippen molar-refractivity contribution >= 4 is 5.96 Å². The Morgan fingerprint density at radius 2 is 2.15 bits per heavy atom. The zero-order valence-corrected chi connectivity index (χ0v) is 12.3. The number of nitrogens with zero attached hydrogens (tertiary/aromatic N) is 1. The Morgan fingerprint density at radius 1 is 1.35 bits per heavy atom. The quantitative estimate of drug-likeness (QED) is 0.641. The summed E-state index contributed by atoms with van der Waals surface area (Å²) < 4.78 is 5.35. The summed E-state index contributed by atoms with van der Waals surface area (Å²) in [6, 6.07) is 5.17. The molecule has 1 aromatic rings. The summed E-state index contributed by atoms with van der Waals surface area (Å²) in [5, 5.41) is 7.15. The highest BCUT2D eigenvalue weighted by atomic mass is 16.3. The van der Waals surface area contributed by atoms with Crippen molar-refractivity contribution in [1.29, 1.82) is 0 Å². The molecule has 0 radical (unpaired) electrons. The van der Waals surface area contributed by atoms with Gasteiger partial charge in [-0.15, -0.1) is 0 Å². The Hall–Kier alpha value is -1.45. The van der Waals surface area contributed by atoms with Crippen molar-refractivity contribution in [3.63, 3.8) is 0 Å². The van der Waals surface area contributed by atoms with Crippen molar-refractivity contribution in [3.05, 3.63) is 24.2 Å². The lowest BCUT2D eigenvalue weighted by molar-refractivity contribution is 0.510. The summed E-state index contributed by atoms with van der Waals surface area (Å²) >= 11 is 0. The molecule has 2 saturated carbocycles. The molecule has 0 amide bonds. The highest BCUT2D eigenvalue weighted by molar-refractivity contribution is 5.80. The van der Waals surface area contributed by atoms with Crippen LogP contribution in [-0.2, 0) is 6.42 Å². The van der Waals surface area contributed by atoms with Gasteiger partial charge in [0.05, 0.1) is 6.26 Å². The molecule has 0 aromatic carbocycles. The van der Waals surface area contributed by atoms with Crippen molar-refractivity contribution in [1.82, 2.24) is 10.6 Å². The number of hydrogen-bond donors (Lipinski definition) is 2. The Labute approximate surface area is 121 Å². The molecule has 0 aliphatic heterocycles. The van der Waals surface area contributed by atoms with E-state index in [-0.39, 0.29) is 0 Å². The fourth-order valence-corrected chi connectivity index (χ4v) is 2.83. The number of nitrogens with one attached hydrogen (secondary N) is 2. The zero-order valence-electron chi connectivity index (χ0n) is 12.3. The predicted octanol–water partition coefficient (Wildman–Crippen LogP) is 2.71. The highest BCUT2D eigenvalue weighted by Crippen LogP contribution is 2.29. The molecule has 0 saturated heterocycles. The number of hydrogen-bond acceptors (Lipinski definition) is 2. The number of aliphatic imine (C=N–C) groups is 1. The second kappa shape index (κ2) is 6.33. The van der Waals surface area contributed by atoms with E-state index in [0.29, 0.717) is 12.1 Å². The van der Waals surface area contributed by atoms with Crippen LogP contribution in [0.5, 0.6) is 0 Å². The zero-order chi connectivity index (χ0) is 13.8. The number of furan rings is 1. The van der Waals surface area contributed by atoms with E-state index in [1.807, 2.05) is 12.1 Å². The average Bonchev–Trinajstić information content (AvgIpc) is 2.92. The van der Waals surface area contributed by atoms with E-state index in [0.717, 1.165) is 30.6 Å². The van der Waals surface area contributed by atoms with Gasteiger partial charge in [0.15, 0.2) is 5.96 Å². The molecular weight excluding hydrogens is 250 g/mol. The third-order valence-electron chi connectivity index (χ3n) is 4.34. The van der Waals surface area contributed by atoms with Gasteiger partial charge in [0.2, 0.25) is 0 Å². The van der Waals surface area contributed by atoms with Gasteiger partial charge < -0.3 is 15.1 Å². The number of rotatable bonds is 5. The lowest BCUT2D eigenvalue weighted by atomic mass is 10.2. The molecule has 1 aromatic heterocycles. The average molecular weight is 275 g/mol. The predicted molar refractivity (Wildman–Crippen MR) is 80.8 cm³/mol. The molecule has 2 atom stereocenters. The van der Waals surface area contributed by atoms with Gasteiger partial charge in [0.1, 0.15) is 5.76 Å². The van der Waals surface area contributed by atoms with Crippen LogP contribution in [0.15, 0.2) is 27.8 Å². The summed E-state index contributed by atoms with van der Waals surface area (Å²) in [6.45, 7) is 3.06. The topological polar surface area (TPSA) is 49.6 Å². The Kier molecular flexibility index (Phi) is 4.28. The Balaban J connectivity index is 1.52. The molecule has 20 heavy (non-hydrogen) atoms. The molecule has 4 nitrogen and oxygen atoms in total. The fourth-order valence-electron chi connectivity index (χ4n) is 2.83. The van der Waals surface area contributed by atoms with Crippen LogP contribution in [-0.4, -0.2) is 24.6 Å². The van der Waals surface area contributed by atoms with E-state index < -0.39 is 0 Å². The van der Waals surface area contributed by atoms with Crippen LogP contribution >= 0.6 is 0 Å². The van der Waals surface area contributed by atoms with Gasteiger partial charge in [0.25, 0.3) is 0 Å². The van der Waals surface area contributed by atoms with Crippen molar-refractivity contribution in [3.8, 4) is 0 Å². The first-order chi connectivity index (χ1) is 9.81.